The normalized spacial score (nSPS) is 19.6. The fourth-order valence-corrected chi connectivity index (χ4v) is 4.69. The maximum Gasteiger partial charge on any atom is 0.223 e. The minimum Gasteiger partial charge on any atom is -0.497 e. The van der Waals surface area contributed by atoms with Gasteiger partial charge in [-0.1, -0.05) is 12.1 Å². The smallest absolute Gasteiger partial charge is 0.223 e. The number of benzene rings is 1. The molecule has 1 spiro atoms. The van der Waals surface area contributed by atoms with E-state index >= 15 is 0 Å². The van der Waals surface area contributed by atoms with Crippen molar-refractivity contribution < 1.29 is 9.53 Å². The third-order valence-corrected chi connectivity index (χ3v) is 6.26. The van der Waals surface area contributed by atoms with Gasteiger partial charge in [0.1, 0.15) is 5.75 Å². The molecule has 0 bridgehead atoms. The second-order valence-electron chi connectivity index (χ2n) is 7.08. The molecule has 2 aromatic rings. The molecule has 0 unspecified atom stereocenters. The average molecular weight is 357 g/mol. The van der Waals surface area contributed by atoms with Crippen molar-refractivity contribution in [1.29, 1.82) is 0 Å². The lowest BCUT2D eigenvalue weighted by Gasteiger charge is -2.38. The van der Waals surface area contributed by atoms with Crippen LogP contribution in [0.1, 0.15) is 24.8 Å². The van der Waals surface area contributed by atoms with E-state index in [1.807, 2.05) is 34.7 Å². The van der Waals surface area contributed by atoms with Crippen molar-refractivity contribution in [2.24, 2.45) is 5.41 Å². The van der Waals surface area contributed by atoms with Crippen molar-refractivity contribution in [3.63, 3.8) is 0 Å². The van der Waals surface area contributed by atoms with Gasteiger partial charge < -0.3 is 14.5 Å². The van der Waals surface area contributed by atoms with Crippen LogP contribution in [0.5, 0.6) is 5.75 Å². The van der Waals surface area contributed by atoms with Crippen molar-refractivity contribution >= 4 is 22.4 Å². The topological polar surface area (TPSA) is 45.7 Å². The van der Waals surface area contributed by atoms with E-state index in [0.717, 1.165) is 48.9 Å². The highest BCUT2D eigenvalue weighted by molar-refractivity contribution is 7.13. The number of ether oxygens (including phenoxy) is 1. The van der Waals surface area contributed by atoms with Crippen LogP contribution in [0, 0.1) is 5.41 Å². The van der Waals surface area contributed by atoms with E-state index in [4.69, 9.17) is 4.74 Å². The van der Waals surface area contributed by atoms with E-state index in [0.29, 0.717) is 13.0 Å². The van der Waals surface area contributed by atoms with E-state index < -0.39 is 0 Å². The quantitative estimate of drug-likeness (QED) is 0.843. The van der Waals surface area contributed by atoms with Gasteiger partial charge in [-0.3, -0.25) is 4.79 Å². The van der Waals surface area contributed by atoms with Crippen molar-refractivity contribution in [2.75, 3.05) is 31.6 Å². The Morgan fingerprint density at radius 3 is 2.88 bits per heavy atom. The average Bonchev–Trinajstić information content (AvgIpc) is 3.25. The molecule has 1 amide bonds. The summed E-state index contributed by atoms with van der Waals surface area (Å²) in [6, 6.07) is 8.00. The van der Waals surface area contributed by atoms with Crippen LogP contribution in [0.3, 0.4) is 0 Å². The van der Waals surface area contributed by atoms with Crippen LogP contribution in [0.2, 0.25) is 0 Å². The molecule has 5 nitrogen and oxygen atoms in total. The summed E-state index contributed by atoms with van der Waals surface area (Å²) < 4.78 is 5.29. The zero-order valence-corrected chi connectivity index (χ0v) is 15.3. The molecule has 0 radical (unpaired) electrons. The molecule has 1 aromatic heterocycles. The van der Waals surface area contributed by atoms with Gasteiger partial charge in [-0.25, -0.2) is 4.98 Å². The van der Waals surface area contributed by atoms with Crippen molar-refractivity contribution in [1.82, 2.24) is 9.88 Å². The number of carbonyl (C=O) groups excluding carboxylic acids is 1. The number of nitrogens with zero attached hydrogens (tertiary/aromatic N) is 3. The molecule has 132 valence electrons. The number of piperidine rings is 1. The van der Waals surface area contributed by atoms with Gasteiger partial charge in [0.15, 0.2) is 5.13 Å². The molecular formula is C19H23N3O2S. The molecule has 0 atom stereocenters. The minimum absolute atomic E-state index is 0.143. The van der Waals surface area contributed by atoms with Gasteiger partial charge in [-0.05, 0) is 30.5 Å². The molecule has 2 fully saturated rings. The zero-order valence-electron chi connectivity index (χ0n) is 14.5. The molecule has 1 aromatic carbocycles. The first kappa shape index (κ1) is 16.4. The van der Waals surface area contributed by atoms with E-state index in [1.165, 1.54) is 0 Å². The van der Waals surface area contributed by atoms with Gasteiger partial charge in [-0.2, -0.15) is 0 Å². The van der Waals surface area contributed by atoms with Crippen molar-refractivity contribution in [3.05, 3.63) is 41.4 Å². The molecule has 0 aliphatic carbocycles. The van der Waals surface area contributed by atoms with Crippen LogP contribution >= 0.6 is 11.3 Å². The molecule has 2 aliphatic heterocycles. The van der Waals surface area contributed by atoms with Crippen LogP contribution in [-0.2, 0) is 11.3 Å². The fraction of sp³-hybridized carbons (Fsp3) is 0.474. The fourth-order valence-electron chi connectivity index (χ4n) is 4.00. The number of hydrogen-bond donors (Lipinski definition) is 0. The number of thiazole rings is 1. The van der Waals surface area contributed by atoms with Gasteiger partial charge in [0, 0.05) is 49.6 Å². The van der Waals surface area contributed by atoms with Gasteiger partial charge in [0.2, 0.25) is 5.91 Å². The van der Waals surface area contributed by atoms with Crippen LogP contribution in [0.15, 0.2) is 35.8 Å². The van der Waals surface area contributed by atoms with Crippen LogP contribution < -0.4 is 9.64 Å². The summed E-state index contributed by atoms with van der Waals surface area (Å²) in [4.78, 5) is 21.4. The van der Waals surface area contributed by atoms with E-state index in [2.05, 4.69) is 16.0 Å². The Morgan fingerprint density at radius 1 is 1.32 bits per heavy atom. The molecule has 4 rings (SSSR count). The Kier molecular flexibility index (Phi) is 4.37. The predicted octanol–water partition coefficient (Wildman–Crippen LogP) is 3.17. The summed E-state index contributed by atoms with van der Waals surface area (Å²) in [5.74, 6) is 1.13. The van der Waals surface area contributed by atoms with Crippen LogP contribution in [0.4, 0.5) is 5.13 Å². The van der Waals surface area contributed by atoms with Crippen LogP contribution in [-0.4, -0.2) is 42.5 Å². The summed E-state index contributed by atoms with van der Waals surface area (Å²) in [6.07, 6.45) is 4.67. The van der Waals surface area contributed by atoms with Crippen molar-refractivity contribution in [3.8, 4) is 5.75 Å². The lowest BCUT2D eigenvalue weighted by atomic mass is 9.78. The Morgan fingerprint density at radius 2 is 2.16 bits per heavy atom. The lowest BCUT2D eigenvalue weighted by molar-refractivity contribution is -0.128. The molecule has 0 N–H and O–H groups in total. The second kappa shape index (κ2) is 6.67. The number of likely N-dealkylation sites (tertiary alicyclic amines) is 1. The largest absolute Gasteiger partial charge is 0.497 e. The van der Waals surface area contributed by atoms with E-state index in [1.54, 1.807) is 18.4 Å². The number of amides is 1. The van der Waals surface area contributed by atoms with Gasteiger partial charge in [-0.15, -0.1) is 11.3 Å². The highest BCUT2D eigenvalue weighted by Crippen LogP contribution is 2.42. The van der Waals surface area contributed by atoms with E-state index in [9.17, 15) is 4.79 Å². The second-order valence-corrected chi connectivity index (χ2v) is 7.95. The minimum atomic E-state index is 0.143. The van der Waals surface area contributed by atoms with Crippen molar-refractivity contribution in [2.45, 2.75) is 25.8 Å². The Labute approximate surface area is 152 Å². The SMILES string of the molecule is COc1cccc(CN2CC3(CCN(c4nccs4)CC3)CC2=O)c1. The Hall–Kier alpha value is -2.08. The predicted molar refractivity (Wildman–Crippen MR) is 99.0 cm³/mol. The Bertz CT molecular complexity index is 739. The number of rotatable bonds is 4. The summed E-state index contributed by atoms with van der Waals surface area (Å²) in [7, 11) is 1.67. The molecule has 0 saturated carbocycles. The van der Waals surface area contributed by atoms with Gasteiger partial charge >= 0.3 is 0 Å². The first-order valence-corrected chi connectivity index (χ1v) is 9.61. The number of methoxy groups -OCH3 is 1. The standard InChI is InChI=1S/C19H23N3O2S/c1-24-16-4-2-3-15(11-16)13-22-14-19(12-17(22)23)5-8-21(9-6-19)18-20-7-10-25-18/h2-4,7,10-11H,5-6,8-9,12-14H2,1H3. The molecule has 2 aliphatic rings. The monoisotopic (exact) mass is 357 g/mol. The maximum atomic E-state index is 12.6. The van der Waals surface area contributed by atoms with Gasteiger partial charge in [0.05, 0.1) is 7.11 Å². The highest BCUT2D eigenvalue weighted by Gasteiger charge is 2.44. The number of carbonyl (C=O) groups is 1. The number of hydrogen-bond acceptors (Lipinski definition) is 5. The maximum absolute atomic E-state index is 12.6. The molecular weight excluding hydrogens is 334 g/mol. The number of anilines is 1. The highest BCUT2D eigenvalue weighted by atomic mass is 32.1. The third-order valence-electron chi connectivity index (χ3n) is 5.43. The molecule has 25 heavy (non-hydrogen) atoms. The Balaban J connectivity index is 1.40. The first-order chi connectivity index (χ1) is 12.2. The first-order valence-electron chi connectivity index (χ1n) is 8.73. The lowest BCUT2D eigenvalue weighted by Crippen LogP contribution is -2.41. The molecule has 6 heteroatoms. The van der Waals surface area contributed by atoms with Gasteiger partial charge in [0.25, 0.3) is 0 Å². The van der Waals surface area contributed by atoms with E-state index in [-0.39, 0.29) is 11.3 Å². The number of aromatic nitrogens is 1. The summed E-state index contributed by atoms with van der Waals surface area (Å²) >= 11 is 1.69. The third kappa shape index (κ3) is 3.35. The summed E-state index contributed by atoms with van der Waals surface area (Å²) in [6.45, 7) is 3.53. The molecule has 2 saturated heterocycles. The summed E-state index contributed by atoms with van der Waals surface area (Å²) in [5.41, 5.74) is 1.27. The van der Waals surface area contributed by atoms with Crippen LogP contribution in [0.25, 0.3) is 0 Å². The summed E-state index contributed by atoms with van der Waals surface area (Å²) in [5, 5.41) is 3.13. The zero-order chi connectivity index (χ0) is 17.3. The molecule has 3 heterocycles.